The lowest BCUT2D eigenvalue weighted by atomic mass is 9.91. The Kier molecular flexibility index (Phi) is 9.89. The van der Waals surface area contributed by atoms with Crippen LogP contribution in [-0.4, -0.2) is 36.9 Å². The lowest BCUT2D eigenvalue weighted by Gasteiger charge is -2.26. The maximum Gasteiger partial charge on any atom is 0.186 e. The first kappa shape index (κ1) is 25.4. The fourth-order valence-electron chi connectivity index (χ4n) is 4.30. The second kappa shape index (κ2) is 12.9. The summed E-state index contributed by atoms with van der Waals surface area (Å²) in [6.07, 6.45) is 11.5. The average Bonchev–Trinajstić information content (AvgIpc) is 3.26. The van der Waals surface area contributed by atoms with Gasteiger partial charge < -0.3 is 10.2 Å². The topological polar surface area (TPSA) is 40.5 Å². The van der Waals surface area contributed by atoms with E-state index < -0.39 is 0 Å². The Labute approximate surface area is 204 Å². The minimum absolute atomic E-state index is 0.797. The second-order valence-corrected chi connectivity index (χ2v) is 10.2. The first-order valence-electron chi connectivity index (χ1n) is 12.4. The molecule has 2 fully saturated rings. The van der Waals surface area contributed by atoms with Crippen LogP contribution in [0.2, 0.25) is 0 Å². The van der Waals surface area contributed by atoms with Gasteiger partial charge >= 0.3 is 0 Å². The SMILES string of the molecule is C=C(C)N=C(/C=C\C)c1sc(N2CCNCC2)nc1-c1cccc(C)c1.CC1CCCCC1. The van der Waals surface area contributed by atoms with Gasteiger partial charge in [-0.2, -0.15) is 0 Å². The zero-order valence-corrected chi connectivity index (χ0v) is 21.7. The highest BCUT2D eigenvalue weighted by Crippen LogP contribution is 2.35. The number of hydrogen-bond acceptors (Lipinski definition) is 5. The zero-order valence-electron chi connectivity index (χ0n) is 20.9. The van der Waals surface area contributed by atoms with E-state index >= 15 is 0 Å². The molecule has 1 aliphatic carbocycles. The number of aromatic nitrogens is 1. The van der Waals surface area contributed by atoms with Gasteiger partial charge in [0.15, 0.2) is 5.13 Å². The molecule has 0 spiro atoms. The standard InChI is InChI=1S/C21H26N4S.C7H14/c1-5-7-18(23-15(2)3)20-19(17-9-6-8-16(4)14-17)24-21(26-20)25-12-10-22-11-13-25;1-7-5-3-2-4-6-7/h5-9,14,22H,2,10-13H2,1,3-4H3;7H,2-6H2,1H3/b7-5-,23-18?;. The van der Waals surface area contributed by atoms with Crippen molar-refractivity contribution in [2.24, 2.45) is 10.9 Å². The highest BCUT2D eigenvalue weighted by atomic mass is 32.1. The summed E-state index contributed by atoms with van der Waals surface area (Å²) in [6, 6.07) is 8.51. The van der Waals surface area contributed by atoms with Gasteiger partial charge in [0.05, 0.1) is 16.3 Å². The molecule has 0 atom stereocenters. The van der Waals surface area contributed by atoms with Gasteiger partial charge in [-0.3, -0.25) is 4.99 Å². The molecule has 5 heteroatoms. The predicted octanol–water partition coefficient (Wildman–Crippen LogP) is 7.01. The van der Waals surface area contributed by atoms with Crippen LogP contribution in [0.15, 0.2) is 53.7 Å². The molecule has 178 valence electrons. The van der Waals surface area contributed by atoms with Crippen LogP contribution in [0.4, 0.5) is 5.13 Å². The molecule has 0 amide bonds. The summed E-state index contributed by atoms with van der Waals surface area (Å²) in [7, 11) is 0. The molecule has 0 unspecified atom stereocenters. The molecular weight excluding hydrogens is 424 g/mol. The van der Waals surface area contributed by atoms with Crippen molar-refractivity contribution in [2.75, 3.05) is 31.1 Å². The third-order valence-corrected chi connectivity index (χ3v) is 7.20. The highest BCUT2D eigenvalue weighted by molar-refractivity contribution is 7.18. The number of nitrogens with zero attached hydrogens (tertiary/aromatic N) is 3. The molecule has 33 heavy (non-hydrogen) atoms. The van der Waals surface area contributed by atoms with Gasteiger partial charge in [0.25, 0.3) is 0 Å². The summed E-state index contributed by atoms with van der Waals surface area (Å²) >= 11 is 1.72. The van der Waals surface area contributed by atoms with Gasteiger partial charge in [-0.15, -0.1) is 0 Å². The number of benzene rings is 1. The van der Waals surface area contributed by atoms with Crippen LogP contribution in [0.1, 0.15) is 63.3 Å². The molecule has 1 aliphatic heterocycles. The van der Waals surface area contributed by atoms with Crippen LogP contribution in [0.3, 0.4) is 0 Å². The average molecular weight is 465 g/mol. The molecule has 1 saturated heterocycles. The number of aliphatic imine (C=N–C) groups is 1. The number of piperazine rings is 1. The summed E-state index contributed by atoms with van der Waals surface area (Å²) in [5.74, 6) is 1.04. The van der Waals surface area contributed by atoms with Crippen molar-refractivity contribution in [2.45, 2.75) is 59.8 Å². The van der Waals surface area contributed by atoms with E-state index in [4.69, 9.17) is 4.98 Å². The van der Waals surface area contributed by atoms with Gasteiger partial charge in [0.2, 0.25) is 0 Å². The Hall–Kier alpha value is -2.24. The third kappa shape index (κ3) is 7.65. The molecule has 2 aliphatic rings. The number of thiazole rings is 1. The fraction of sp³-hybridized carbons (Fsp3) is 0.500. The number of anilines is 1. The summed E-state index contributed by atoms with van der Waals surface area (Å²) in [4.78, 5) is 13.2. The van der Waals surface area contributed by atoms with Crippen LogP contribution in [0, 0.1) is 12.8 Å². The second-order valence-electron chi connectivity index (χ2n) is 9.26. The van der Waals surface area contributed by atoms with Gasteiger partial charge in [-0.1, -0.05) is 86.8 Å². The van der Waals surface area contributed by atoms with Gasteiger partial charge in [-0.05, 0) is 38.8 Å². The maximum atomic E-state index is 5.03. The molecule has 1 N–H and O–H groups in total. The number of nitrogens with one attached hydrogen (secondary N) is 1. The molecule has 4 nitrogen and oxygen atoms in total. The molecule has 1 aromatic heterocycles. The third-order valence-electron chi connectivity index (χ3n) is 6.06. The van der Waals surface area contributed by atoms with E-state index in [2.05, 4.69) is 59.9 Å². The number of allylic oxidation sites excluding steroid dienone is 3. The monoisotopic (exact) mass is 464 g/mol. The summed E-state index contributed by atoms with van der Waals surface area (Å²) in [5.41, 5.74) is 5.09. The minimum atomic E-state index is 0.797. The smallest absolute Gasteiger partial charge is 0.186 e. The van der Waals surface area contributed by atoms with Crippen molar-refractivity contribution in [3.63, 3.8) is 0 Å². The van der Waals surface area contributed by atoms with E-state index in [0.29, 0.717) is 0 Å². The molecule has 1 aromatic carbocycles. The van der Waals surface area contributed by atoms with E-state index in [1.807, 2.05) is 26.0 Å². The lowest BCUT2D eigenvalue weighted by molar-refractivity contribution is 0.385. The molecule has 1 saturated carbocycles. The molecule has 4 rings (SSSR count). The van der Waals surface area contributed by atoms with Crippen LogP contribution in [0.5, 0.6) is 0 Å². The van der Waals surface area contributed by atoms with Gasteiger partial charge in [-0.25, -0.2) is 4.98 Å². The van der Waals surface area contributed by atoms with Crippen molar-refractivity contribution >= 4 is 22.2 Å². The van der Waals surface area contributed by atoms with E-state index in [0.717, 1.165) is 64.8 Å². The molecule has 0 bridgehead atoms. The summed E-state index contributed by atoms with van der Waals surface area (Å²) < 4.78 is 0. The van der Waals surface area contributed by atoms with E-state index in [1.165, 1.54) is 37.7 Å². The van der Waals surface area contributed by atoms with Crippen molar-refractivity contribution in [1.82, 2.24) is 10.3 Å². The number of aryl methyl sites for hydroxylation is 1. The molecule has 0 radical (unpaired) electrons. The van der Waals surface area contributed by atoms with Crippen LogP contribution in [-0.2, 0) is 0 Å². The van der Waals surface area contributed by atoms with Crippen LogP contribution < -0.4 is 10.2 Å². The normalized spacial score (nSPS) is 17.7. The Bertz CT molecular complexity index is 960. The Morgan fingerprint density at radius 3 is 2.52 bits per heavy atom. The zero-order chi connectivity index (χ0) is 23.6. The molecule has 2 aromatic rings. The fourth-order valence-corrected chi connectivity index (χ4v) is 5.41. The van der Waals surface area contributed by atoms with Crippen molar-refractivity contribution in [1.29, 1.82) is 0 Å². The first-order valence-corrected chi connectivity index (χ1v) is 13.2. The van der Waals surface area contributed by atoms with E-state index in [-0.39, 0.29) is 0 Å². The van der Waals surface area contributed by atoms with Crippen molar-refractivity contribution in [3.8, 4) is 11.3 Å². The quantitative estimate of drug-likeness (QED) is 0.484. The summed E-state index contributed by atoms with van der Waals surface area (Å²) in [5, 5.41) is 4.47. The van der Waals surface area contributed by atoms with E-state index in [1.54, 1.807) is 11.3 Å². The highest BCUT2D eigenvalue weighted by Gasteiger charge is 2.21. The Balaban J connectivity index is 0.000000374. The van der Waals surface area contributed by atoms with Crippen LogP contribution >= 0.6 is 11.3 Å². The largest absolute Gasteiger partial charge is 0.346 e. The molecule has 2 heterocycles. The Morgan fingerprint density at radius 2 is 1.94 bits per heavy atom. The van der Waals surface area contributed by atoms with Crippen molar-refractivity contribution < 1.29 is 0 Å². The Morgan fingerprint density at radius 1 is 1.21 bits per heavy atom. The summed E-state index contributed by atoms with van der Waals surface area (Å²) in [6.45, 7) is 16.3. The predicted molar refractivity (Wildman–Crippen MR) is 146 cm³/mol. The van der Waals surface area contributed by atoms with Crippen molar-refractivity contribution in [3.05, 3.63) is 59.1 Å². The first-order chi connectivity index (χ1) is 16.0. The van der Waals surface area contributed by atoms with Gasteiger partial charge in [0, 0.05) is 37.4 Å². The lowest BCUT2D eigenvalue weighted by Crippen LogP contribution is -2.43. The number of hydrogen-bond donors (Lipinski definition) is 1. The maximum absolute atomic E-state index is 5.03. The van der Waals surface area contributed by atoms with E-state index in [9.17, 15) is 0 Å². The van der Waals surface area contributed by atoms with Gasteiger partial charge in [0.1, 0.15) is 0 Å². The van der Waals surface area contributed by atoms with Crippen LogP contribution in [0.25, 0.3) is 11.3 Å². The minimum Gasteiger partial charge on any atom is -0.346 e. The molecular formula is C28H40N4S. The number of rotatable bonds is 5.